The van der Waals surface area contributed by atoms with Crippen LogP contribution in [0.4, 0.5) is 0 Å². The smallest absolute Gasteiger partial charge is 0.214 e. The molecule has 2 heteroatoms. The number of rotatable bonds is 1. The summed E-state index contributed by atoms with van der Waals surface area (Å²) < 4.78 is 5.92. The maximum Gasteiger partial charge on any atom is 0.214 e. The van der Waals surface area contributed by atoms with Crippen molar-refractivity contribution in [3.05, 3.63) is 0 Å². The second-order valence-corrected chi connectivity index (χ2v) is 6.64. The Morgan fingerprint density at radius 1 is 0.917 bits per heavy atom. The van der Waals surface area contributed by atoms with Crippen LogP contribution in [0.1, 0.15) is 44.9 Å². The van der Waals surface area contributed by atoms with Gasteiger partial charge in [0, 0.05) is 6.61 Å². The maximum absolute atomic E-state index is 5.92. The Bertz CT molecular complexity index is 110. The molecule has 1 aliphatic carbocycles. The molecule has 1 saturated heterocycles. The van der Waals surface area contributed by atoms with E-state index in [0.717, 1.165) is 12.1 Å². The van der Waals surface area contributed by atoms with Gasteiger partial charge >= 0.3 is 0 Å². The molecule has 0 aromatic rings. The van der Waals surface area contributed by atoms with Gasteiger partial charge in [0.2, 0.25) is 9.04 Å². The van der Waals surface area contributed by atoms with Crippen molar-refractivity contribution in [2.75, 3.05) is 6.61 Å². The van der Waals surface area contributed by atoms with Crippen LogP contribution in [0.2, 0.25) is 11.6 Å². The van der Waals surface area contributed by atoms with Crippen LogP contribution in [0, 0.1) is 0 Å². The van der Waals surface area contributed by atoms with Crippen LogP contribution >= 0.6 is 0 Å². The Balaban J connectivity index is 1.80. The van der Waals surface area contributed by atoms with Gasteiger partial charge in [-0.1, -0.05) is 38.5 Å². The van der Waals surface area contributed by atoms with E-state index in [-0.39, 0.29) is 9.04 Å². The topological polar surface area (TPSA) is 9.23 Å². The lowest BCUT2D eigenvalue weighted by Gasteiger charge is -2.30. The summed E-state index contributed by atoms with van der Waals surface area (Å²) in [6.07, 6.45) is 10.2. The molecule has 1 nitrogen and oxygen atoms in total. The fourth-order valence-corrected chi connectivity index (χ4v) is 5.27. The minimum atomic E-state index is -0.349. The predicted molar refractivity (Wildman–Crippen MR) is 52.6 cm³/mol. The Morgan fingerprint density at radius 3 is 2.42 bits per heavy atom. The van der Waals surface area contributed by atoms with Crippen molar-refractivity contribution in [3.63, 3.8) is 0 Å². The molecule has 0 atom stereocenters. The summed E-state index contributed by atoms with van der Waals surface area (Å²) in [6.45, 7) is 1.07. The van der Waals surface area contributed by atoms with Crippen LogP contribution in [-0.2, 0) is 4.43 Å². The largest absolute Gasteiger partial charge is 0.416 e. The summed E-state index contributed by atoms with van der Waals surface area (Å²) in [4.78, 5) is 0. The first-order valence-corrected chi connectivity index (χ1v) is 7.14. The van der Waals surface area contributed by atoms with Crippen molar-refractivity contribution >= 4 is 9.04 Å². The zero-order chi connectivity index (χ0) is 8.23. The van der Waals surface area contributed by atoms with Gasteiger partial charge < -0.3 is 4.43 Å². The van der Waals surface area contributed by atoms with Gasteiger partial charge in [-0.25, -0.2) is 0 Å². The molecule has 0 spiro atoms. The minimum Gasteiger partial charge on any atom is -0.416 e. The third kappa shape index (κ3) is 2.11. The molecule has 2 rings (SSSR count). The quantitative estimate of drug-likeness (QED) is 0.568. The van der Waals surface area contributed by atoms with Crippen LogP contribution < -0.4 is 0 Å². The third-order valence-electron chi connectivity index (χ3n) is 3.17. The predicted octanol–water partition coefficient (Wildman–Crippen LogP) is 3.12. The van der Waals surface area contributed by atoms with Crippen LogP contribution in [0.25, 0.3) is 0 Å². The lowest BCUT2D eigenvalue weighted by Crippen LogP contribution is -2.30. The standard InChI is InChI=1S/C10H19OSi/c1-2-6-10(7-3-1)12-9-5-4-8-11-12/h10H,1-9H2. The normalized spacial score (nSPS) is 29.0. The minimum absolute atomic E-state index is 0.349. The molecule has 1 heterocycles. The van der Waals surface area contributed by atoms with Gasteiger partial charge in [0.25, 0.3) is 0 Å². The fourth-order valence-electron chi connectivity index (χ4n) is 2.42. The molecule has 69 valence electrons. The lowest BCUT2D eigenvalue weighted by molar-refractivity contribution is 0.270. The molecule has 0 unspecified atom stereocenters. The van der Waals surface area contributed by atoms with Gasteiger partial charge in [0.05, 0.1) is 0 Å². The van der Waals surface area contributed by atoms with E-state index in [0.29, 0.717) is 0 Å². The highest BCUT2D eigenvalue weighted by molar-refractivity contribution is 6.53. The first-order chi connectivity index (χ1) is 5.97. The Kier molecular flexibility index (Phi) is 3.23. The van der Waals surface area contributed by atoms with Crippen LogP contribution in [0.15, 0.2) is 0 Å². The molecule has 0 N–H and O–H groups in total. The summed E-state index contributed by atoms with van der Waals surface area (Å²) in [5.74, 6) is 0. The third-order valence-corrected chi connectivity index (χ3v) is 6.07. The monoisotopic (exact) mass is 183 g/mol. The van der Waals surface area contributed by atoms with E-state index >= 15 is 0 Å². The molecule has 12 heavy (non-hydrogen) atoms. The molecular formula is C10H19OSi. The molecule has 2 aliphatic rings. The van der Waals surface area contributed by atoms with Gasteiger partial charge in [0.1, 0.15) is 0 Å². The van der Waals surface area contributed by atoms with E-state index in [1.54, 1.807) is 0 Å². The van der Waals surface area contributed by atoms with E-state index in [4.69, 9.17) is 4.43 Å². The molecular weight excluding hydrogens is 164 g/mol. The van der Waals surface area contributed by atoms with Gasteiger partial charge in [0.15, 0.2) is 0 Å². The summed E-state index contributed by atoms with van der Waals surface area (Å²) in [5, 5.41) is 0. The maximum atomic E-state index is 5.92. The molecule has 0 aromatic heterocycles. The van der Waals surface area contributed by atoms with Gasteiger partial charge in [-0.05, 0) is 18.0 Å². The summed E-state index contributed by atoms with van der Waals surface area (Å²) in [7, 11) is -0.349. The summed E-state index contributed by atoms with van der Waals surface area (Å²) >= 11 is 0. The fraction of sp³-hybridized carbons (Fsp3) is 1.00. The first kappa shape index (κ1) is 8.76. The second-order valence-electron chi connectivity index (χ2n) is 4.11. The molecule has 1 aliphatic heterocycles. The van der Waals surface area contributed by atoms with Crippen molar-refractivity contribution in [2.24, 2.45) is 0 Å². The van der Waals surface area contributed by atoms with Crippen LogP contribution in [-0.4, -0.2) is 15.6 Å². The van der Waals surface area contributed by atoms with Crippen molar-refractivity contribution in [3.8, 4) is 0 Å². The second kappa shape index (κ2) is 4.42. The average molecular weight is 183 g/mol. The van der Waals surface area contributed by atoms with E-state index in [2.05, 4.69) is 0 Å². The molecule has 0 amide bonds. The Morgan fingerprint density at radius 2 is 1.75 bits per heavy atom. The number of hydrogen-bond acceptors (Lipinski definition) is 1. The highest BCUT2D eigenvalue weighted by Gasteiger charge is 2.28. The van der Waals surface area contributed by atoms with Crippen molar-refractivity contribution < 1.29 is 4.43 Å². The first-order valence-electron chi connectivity index (χ1n) is 5.45. The molecule has 2 fully saturated rings. The van der Waals surface area contributed by atoms with Gasteiger partial charge in [-0.15, -0.1) is 0 Å². The zero-order valence-corrected chi connectivity index (χ0v) is 8.85. The molecule has 0 aromatic carbocycles. The zero-order valence-electron chi connectivity index (χ0n) is 7.85. The molecule has 1 saturated carbocycles. The molecule has 1 radical (unpaired) electrons. The Hall–Kier alpha value is 0.177. The van der Waals surface area contributed by atoms with E-state index in [9.17, 15) is 0 Å². The lowest BCUT2D eigenvalue weighted by atomic mass is 10.0. The average Bonchev–Trinajstić information content (AvgIpc) is 2.21. The van der Waals surface area contributed by atoms with E-state index in [1.807, 2.05) is 0 Å². The Labute approximate surface area is 77.2 Å². The summed E-state index contributed by atoms with van der Waals surface area (Å²) in [6, 6.07) is 1.44. The van der Waals surface area contributed by atoms with Gasteiger partial charge in [-0.2, -0.15) is 0 Å². The van der Waals surface area contributed by atoms with E-state index < -0.39 is 0 Å². The van der Waals surface area contributed by atoms with Crippen molar-refractivity contribution in [2.45, 2.75) is 56.5 Å². The highest BCUT2D eigenvalue weighted by atomic mass is 28.3. The van der Waals surface area contributed by atoms with E-state index in [1.165, 1.54) is 51.0 Å². The number of hydrogen-bond donors (Lipinski definition) is 0. The summed E-state index contributed by atoms with van der Waals surface area (Å²) in [5.41, 5.74) is 1.02. The highest BCUT2D eigenvalue weighted by Crippen LogP contribution is 2.34. The molecule has 0 bridgehead atoms. The van der Waals surface area contributed by atoms with Gasteiger partial charge in [-0.3, -0.25) is 0 Å². The van der Waals surface area contributed by atoms with Crippen molar-refractivity contribution in [1.82, 2.24) is 0 Å². The van der Waals surface area contributed by atoms with Crippen LogP contribution in [0.3, 0.4) is 0 Å². The van der Waals surface area contributed by atoms with Crippen LogP contribution in [0.5, 0.6) is 0 Å². The SMILES string of the molecule is C1CCC([Si]2CCCCO2)CC1. The van der Waals surface area contributed by atoms with Crippen molar-refractivity contribution in [1.29, 1.82) is 0 Å².